The summed E-state index contributed by atoms with van der Waals surface area (Å²) < 4.78 is 0. The third kappa shape index (κ3) is 2.23. The zero-order valence-electron chi connectivity index (χ0n) is 18.4. The lowest BCUT2D eigenvalue weighted by atomic mass is 9.59. The van der Waals surface area contributed by atoms with Crippen molar-refractivity contribution in [3.63, 3.8) is 0 Å². The largest absolute Gasteiger partial charge is 0.505 e. The normalized spacial score (nSPS) is 18.7. The van der Waals surface area contributed by atoms with E-state index in [1.54, 1.807) is 0 Å². The summed E-state index contributed by atoms with van der Waals surface area (Å²) in [7, 11) is 0. The fourth-order valence-electron chi connectivity index (χ4n) is 5.16. The van der Waals surface area contributed by atoms with Crippen LogP contribution in [0.25, 0.3) is 22.2 Å². The molecule has 0 saturated carbocycles. The number of hydrogen-bond donors (Lipinski definition) is 3. The Hall–Kier alpha value is -2.75. The predicted molar refractivity (Wildman–Crippen MR) is 122 cm³/mol. The molecule has 0 fully saturated rings. The monoisotopic (exact) mass is 389 g/mol. The summed E-state index contributed by atoms with van der Waals surface area (Å²) in [5, 5.41) is 12.3. The summed E-state index contributed by atoms with van der Waals surface area (Å²) in [6.45, 7) is 15.3. The van der Waals surface area contributed by atoms with Crippen molar-refractivity contribution < 1.29 is 5.11 Å². The maximum atomic E-state index is 11.2. The van der Waals surface area contributed by atoms with Crippen molar-refractivity contribution in [1.82, 2.24) is 4.98 Å². The van der Waals surface area contributed by atoms with Crippen molar-refractivity contribution in [3.05, 3.63) is 47.0 Å². The van der Waals surface area contributed by atoms with Gasteiger partial charge in [-0.1, -0.05) is 59.7 Å². The van der Waals surface area contributed by atoms with E-state index in [1.165, 1.54) is 5.56 Å². The van der Waals surface area contributed by atoms with Crippen molar-refractivity contribution in [3.8, 4) is 17.0 Å². The molecule has 0 atom stereocenters. The molecule has 1 aliphatic carbocycles. The lowest BCUT2D eigenvalue weighted by Crippen LogP contribution is -2.42. The van der Waals surface area contributed by atoms with Crippen molar-refractivity contribution >= 4 is 22.3 Å². The van der Waals surface area contributed by atoms with Gasteiger partial charge in [0.05, 0.1) is 22.5 Å². The highest BCUT2D eigenvalue weighted by Gasteiger charge is 2.59. The highest BCUT2D eigenvalue weighted by molar-refractivity contribution is 5.95. The number of rotatable bonds is 1. The Morgan fingerprint density at radius 3 is 2.10 bits per heavy atom. The molecular weight excluding hydrogens is 358 g/mol. The number of nitrogens with zero attached hydrogens (tertiary/aromatic N) is 1. The number of anilines is 2. The lowest BCUT2D eigenvalue weighted by molar-refractivity contribution is 0.124. The smallest absolute Gasteiger partial charge is 0.143 e. The first kappa shape index (κ1) is 19.6. The average Bonchev–Trinajstić information content (AvgIpc) is 2.74. The fourth-order valence-corrected chi connectivity index (χ4v) is 5.16. The Bertz CT molecular complexity index is 1170. The number of hydrogen-bond acceptors (Lipinski definition) is 4. The second kappa shape index (κ2) is 5.65. The Balaban J connectivity index is 2.09. The van der Waals surface area contributed by atoms with E-state index in [1.807, 2.05) is 18.2 Å². The number of pyridine rings is 1. The molecule has 1 aliphatic rings. The molecule has 152 valence electrons. The van der Waals surface area contributed by atoms with Gasteiger partial charge in [0, 0.05) is 16.6 Å². The highest BCUT2D eigenvalue weighted by atomic mass is 16.3. The van der Waals surface area contributed by atoms with Gasteiger partial charge in [-0.05, 0) is 46.4 Å². The van der Waals surface area contributed by atoms with Crippen molar-refractivity contribution in [2.75, 3.05) is 11.5 Å². The molecular formula is C25H31N3O. The van der Waals surface area contributed by atoms with E-state index in [0.29, 0.717) is 22.6 Å². The van der Waals surface area contributed by atoms with Gasteiger partial charge < -0.3 is 16.6 Å². The molecule has 29 heavy (non-hydrogen) atoms. The molecule has 4 nitrogen and oxygen atoms in total. The van der Waals surface area contributed by atoms with Crippen LogP contribution >= 0.6 is 0 Å². The molecule has 0 radical (unpaired) electrons. The van der Waals surface area contributed by atoms with Crippen LogP contribution in [-0.4, -0.2) is 10.1 Å². The maximum Gasteiger partial charge on any atom is 0.143 e. The number of nitrogens with two attached hydrogens (primary N) is 2. The summed E-state index contributed by atoms with van der Waals surface area (Å²) in [6, 6.07) is 10.0. The van der Waals surface area contributed by atoms with Crippen LogP contribution in [0.5, 0.6) is 5.75 Å². The molecule has 1 heterocycles. The van der Waals surface area contributed by atoms with Gasteiger partial charge in [-0.2, -0.15) is 0 Å². The van der Waals surface area contributed by atoms with E-state index in [-0.39, 0.29) is 22.0 Å². The summed E-state index contributed by atoms with van der Waals surface area (Å²) in [5.74, 6) is 0.138. The third-order valence-corrected chi connectivity index (χ3v) is 8.13. The molecule has 0 amide bonds. The van der Waals surface area contributed by atoms with Gasteiger partial charge in [0.2, 0.25) is 0 Å². The molecule has 0 unspecified atom stereocenters. The SMILES string of the molecule is Cc1cccc2nc(-c3c(N)c(O)c4c(c3N)C(C)(C)C(C)(C)C4(C)C)ccc12. The van der Waals surface area contributed by atoms with E-state index in [0.717, 1.165) is 22.0 Å². The Labute approximate surface area is 173 Å². The number of aryl methyl sites for hydroxylation is 1. The van der Waals surface area contributed by atoms with Crippen molar-refractivity contribution in [2.45, 2.75) is 59.3 Å². The first-order valence-corrected chi connectivity index (χ1v) is 10.2. The molecule has 0 spiro atoms. The van der Waals surface area contributed by atoms with Crippen LogP contribution in [0.15, 0.2) is 30.3 Å². The van der Waals surface area contributed by atoms with Gasteiger partial charge in [-0.25, -0.2) is 4.98 Å². The fraction of sp³-hybridized carbons (Fsp3) is 0.400. The first-order chi connectivity index (χ1) is 13.3. The van der Waals surface area contributed by atoms with Crippen LogP contribution in [0.1, 0.15) is 58.2 Å². The molecule has 0 saturated heterocycles. The Kier molecular flexibility index (Phi) is 3.81. The van der Waals surface area contributed by atoms with E-state index in [2.05, 4.69) is 60.6 Å². The van der Waals surface area contributed by atoms with E-state index in [9.17, 15) is 5.11 Å². The zero-order chi connectivity index (χ0) is 21.5. The molecule has 3 aromatic rings. The second-order valence-electron chi connectivity index (χ2n) is 10.0. The number of phenols is 1. The summed E-state index contributed by atoms with van der Waals surface area (Å²) in [4.78, 5) is 4.84. The summed E-state index contributed by atoms with van der Waals surface area (Å²) in [5.41, 5.74) is 18.8. The average molecular weight is 390 g/mol. The van der Waals surface area contributed by atoms with Crippen LogP contribution < -0.4 is 11.5 Å². The molecule has 0 bridgehead atoms. The lowest BCUT2D eigenvalue weighted by Gasteiger charge is -2.44. The number of aromatic hydroxyl groups is 1. The van der Waals surface area contributed by atoms with Crippen LogP contribution in [0.4, 0.5) is 11.4 Å². The molecule has 2 aromatic carbocycles. The van der Waals surface area contributed by atoms with Gasteiger partial charge in [-0.15, -0.1) is 0 Å². The highest BCUT2D eigenvalue weighted by Crippen LogP contribution is 2.66. The summed E-state index contributed by atoms with van der Waals surface area (Å²) in [6.07, 6.45) is 0. The minimum atomic E-state index is -0.287. The maximum absolute atomic E-state index is 11.2. The van der Waals surface area contributed by atoms with Gasteiger partial charge in [-0.3, -0.25) is 0 Å². The minimum absolute atomic E-state index is 0.132. The predicted octanol–water partition coefficient (Wildman–Crippen LogP) is 5.68. The van der Waals surface area contributed by atoms with Crippen LogP contribution in [-0.2, 0) is 10.8 Å². The number of nitrogen functional groups attached to an aromatic ring is 2. The van der Waals surface area contributed by atoms with Gasteiger partial charge in [0.1, 0.15) is 5.75 Å². The first-order valence-electron chi connectivity index (χ1n) is 10.2. The van der Waals surface area contributed by atoms with Crippen molar-refractivity contribution in [2.24, 2.45) is 5.41 Å². The Morgan fingerprint density at radius 2 is 1.45 bits per heavy atom. The molecule has 5 N–H and O–H groups in total. The molecule has 4 rings (SSSR count). The topological polar surface area (TPSA) is 85.2 Å². The number of aromatic nitrogens is 1. The van der Waals surface area contributed by atoms with Crippen molar-refractivity contribution in [1.29, 1.82) is 0 Å². The quantitative estimate of drug-likeness (QED) is 0.284. The number of fused-ring (bicyclic) bond motifs is 2. The molecule has 0 aliphatic heterocycles. The second-order valence-corrected chi connectivity index (χ2v) is 10.0. The molecule has 1 aromatic heterocycles. The van der Waals surface area contributed by atoms with Crippen LogP contribution in [0, 0.1) is 12.3 Å². The van der Waals surface area contributed by atoms with Gasteiger partial charge in [0.25, 0.3) is 0 Å². The zero-order valence-corrected chi connectivity index (χ0v) is 18.4. The third-order valence-electron chi connectivity index (χ3n) is 8.13. The van der Waals surface area contributed by atoms with Crippen LogP contribution in [0.3, 0.4) is 0 Å². The van der Waals surface area contributed by atoms with Gasteiger partial charge >= 0.3 is 0 Å². The summed E-state index contributed by atoms with van der Waals surface area (Å²) >= 11 is 0. The number of benzene rings is 2. The van der Waals surface area contributed by atoms with E-state index in [4.69, 9.17) is 16.5 Å². The Morgan fingerprint density at radius 1 is 0.828 bits per heavy atom. The minimum Gasteiger partial charge on any atom is -0.505 e. The molecule has 4 heteroatoms. The number of phenolic OH excluding ortho intramolecular Hbond substituents is 1. The van der Waals surface area contributed by atoms with Gasteiger partial charge in [0.15, 0.2) is 0 Å². The van der Waals surface area contributed by atoms with E-state index < -0.39 is 0 Å². The van der Waals surface area contributed by atoms with E-state index >= 15 is 0 Å². The standard InChI is InChI=1S/C25H31N3O/c1-13-9-8-10-15-14(13)11-12-16(28-15)17-20(26)18-19(22(29)21(17)27)24(4,5)25(6,7)23(18,2)3/h8-12,29H,26-27H2,1-7H3. The van der Waals surface area contributed by atoms with Crippen LogP contribution in [0.2, 0.25) is 0 Å².